The van der Waals surface area contributed by atoms with Gasteiger partial charge in [-0.15, -0.1) is 0 Å². The summed E-state index contributed by atoms with van der Waals surface area (Å²) in [5, 5.41) is 9.63. The first-order chi connectivity index (χ1) is 9.51. The Hall–Kier alpha value is -1.98. The highest BCUT2D eigenvalue weighted by molar-refractivity contribution is 6.30. The van der Waals surface area contributed by atoms with Crippen molar-refractivity contribution in [1.82, 2.24) is 0 Å². The molecule has 0 spiro atoms. The third kappa shape index (κ3) is 3.12. The van der Waals surface area contributed by atoms with Gasteiger partial charge in [0.25, 0.3) is 0 Å². The van der Waals surface area contributed by atoms with Crippen molar-refractivity contribution < 1.29 is 4.74 Å². The minimum atomic E-state index is 0.433. The Balaban J connectivity index is 2.32. The summed E-state index contributed by atoms with van der Waals surface area (Å²) in [5.74, 6) is 1.73. The van der Waals surface area contributed by atoms with Crippen molar-refractivity contribution >= 4 is 11.6 Å². The van der Waals surface area contributed by atoms with E-state index in [2.05, 4.69) is 32.9 Å². The molecule has 2 nitrogen and oxygen atoms in total. The number of halogens is 1. The Morgan fingerprint density at radius 3 is 2.50 bits per heavy atom. The molecular formula is C17H16ClNO. The van der Waals surface area contributed by atoms with E-state index in [1.165, 1.54) is 11.1 Å². The van der Waals surface area contributed by atoms with E-state index in [4.69, 9.17) is 21.6 Å². The molecular weight excluding hydrogens is 270 g/mol. The third-order valence-corrected chi connectivity index (χ3v) is 3.39. The summed E-state index contributed by atoms with van der Waals surface area (Å²) in [5.41, 5.74) is 2.92. The molecule has 3 heteroatoms. The maximum Gasteiger partial charge on any atom is 0.145 e. The summed E-state index contributed by atoms with van der Waals surface area (Å²) >= 11 is 5.87. The zero-order chi connectivity index (χ0) is 14.7. The summed E-state index contributed by atoms with van der Waals surface area (Å²) in [4.78, 5) is 0. The lowest BCUT2D eigenvalue weighted by Crippen LogP contribution is -1.94. The number of nitrogens with zero attached hydrogens (tertiary/aromatic N) is 1. The zero-order valence-electron chi connectivity index (χ0n) is 11.8. The monoisotopic (exact) mass is 285 g/mol. The van der Waals surface area contributed by atoms with Crippen LogP contribution >= 0.6 is 11.6 Å². The second kappa shape index (κ2) is 5.98. The first-order valence-electron chi connectivity index (χ1n) is 6.49. The average Bonchev–Trinajstić information content (AvgIpc) is 2.40. The summed E-state index contributed by atoms with van der Waals surface area (Å²) < 4.78 is 5.79. The molecule has 0 aliphatic rings. The maximum absolute atomic E-state index is 9.10. The SMILES string of the molecule is Cc1cc(Oc2ccc(Cl)cc2C#N)ccc1C(C)C. The molecule has 0 aliphatic carbocycles. The molecule has 2 aromatic rings. The fraction of sp³-hybridized carbons (Fsp3) is 0.235. The standard InChI is InChI=1S/C17H16ClNO/c1-11(2)16-6-5-15(8-12(16)3)20-17-7-4-14(18)9-13(17)10-19/h4-9,11H,1-3H3. The van der Waals surface area contributed by atoms with Crippen LogP contribution in [-0.2, 0) is 0 Å². The van der Waals surface area contributed by atoms with Gasteiger partial charge in [-0.25, -0.2) is 0 Å². The van der Waals surface area contributed by atoms with Gasteiger partial charge < -0.3 is 4.74 Å². The van der Waals surface area contributed by atoms with Crippen LogP contribution in [0.1, 0.15) is 36.5 Å². The van der Waals surface area contributed by atoms with Crippen molar-refractivity contribution in [1.29, 1.82) is 5.26 Å². The number of nitriles is 1. The summed E-state index contributed by atoms with van der Waals surface area (Å²) in [7, 11) is 0. The highest BCUT2D eigenvalue weighted by atomic mass is 35.5. The van der Waals surface area contributed by atoms with E-state index in [9.17, 15) is 0 Å². The first-order valence-corrected chi connectivity index (χ1v) is 6.87. The van der Waals surface area contributed by atoms with Crippen LogP contribution in [0.4, 0.5) is 0 Å². The Labute approximate surface area is 124 Å². The second-order valence-corrected chi connectivity index (χ2v) is 5.46. The van der Waals surface area contributed by atoms with Gasteiger partial charge in [0.15, 0.2) is 0 Å². The number of ether oxygens (including phenoxy) is 1. The van der Waals surface area contributed by atoms with E-state index >= 15 is 0 Å². The van der Waals surface area contributed by atoms with Gasteiger partial charge in [0.2, 0.25) is 0 Å². The number of hydrogen-bond acceptors (Lipinski definition) is 2. The second-order valence-electron chi connectivity index (χ2n) is 5.03. The fourth-order valence-corrected chi connectivity index (χ4v) is 2.34. The van der Waals surface area contributed by atoms with Crippen LogP contribution in [-0.4, -0.2) is 0 Å². The van der Waals surface area contributed by atoms with Crippen LogP contribution in [0.5, 0.6) is 11.5 Å². The van der Waals surface area contributed by atoms with Crippen LogP contribution in [0.15, 0.2) is 36.4 Å². The maximum atomic E-state index is 9.10. The van der Waals surface area contributed by atoms with Gasteiger partial charge in [-0.3, -0.25) is 0 Å². The molecule has 20 heavy (non-hydrogen) atoms. The van der Waals surface area contributed by atoms with Crippen LogP contribution in [0.25, 0.3) is 0 Å². The molecule has 0 saturated carbocycles. The molecule has 0 saturated heterocycles. The highest BCUT2D eigenvalue weighted by Gasteiger charge is 2.08. The molecule has 2 aromatic carbocycles. The molecule has 0 radical (unpaired) electrons. The number of aryl methyl sites for hydroxylation is 1. The molecule has 0 heterocycles. The molecule has 2 rings (SSSR count). The van der Waals surface area contributed by atoms with Crippen LogP contribution in [0.2, 0.25) is 5.02 Å². The molecule has 0 N–H and O–H groups in total. The predicted octanol–water partition coefficient (Wildman–Crippen LogP) is 5.44. The molecule has 0 fully saturated rings. The van der Waals surface area contributed by atoms with Gasteiger partial charge in [0.1, 0.15) is 17.6 Å². The highest BCUT2D eigenvalue weighted by Crippen LogP contribution is 2.30. The Bertz CT molecular complexity index is 671. The molecule has 0 aromatic heterocycles. The fourth-order valence-electron chi connectivity index (χ4n) is 2.17. The third-order valence-electron chi connectivity index (χ3n) is 3.15. The quantitative estimate of drug-likeness (QED) is 0.752. The molecule has 0 atom stereocenters. The van der Waals surface area contributed by atoms with Crippen molar-refractivity contribution in [3.05, 3.63) is 58.1 Å². The smallest absolute Gasteiger partial charge is 0.145 e. The minimum Gasteiger partial charge on any atom is -0.456 e. The molecule has 0 bridgehead atoms. The van der Waals surface area contributed by atoms with Crippen molar-refractivity contribution in [3.8, 4) is 17.6 Å². The molecule has 0 amide bonds. The number of hydrogen-bond donors (Lipinski definition) is 0. The van der Waals surface area contributed by atoms with Gasteiger partial charge >= 0.3 is 0 Å². The van der Waals surface area contributed by atoms with Gasteiger partial charge in [-0.2, -0.15) is 5.26 Å². The lowest BCUT2D eigenvalue weighted by atomic mass is 9.98. The minimum absolute atomic E-state index is 0.433. The lowest BCUT2D eigenvalue weighted by Gasteiger charge is -2.13. The predicted molar refractivity (Wildman–Crippen MR) is 81.5 cm³/mol. The topological polar surface area (TPSA) is 33.0 Å². The molecule has 0 unspecified atom stereocenters. The molecule has 102 valence electrons. The van der Waals surface area contributed by atoms with Crippen LogP contribution < -0.4 is 4.74 Å². The summed E-state index contributed by atoms with van der Waals surface area (Å²) in [6.45, 7) is 6.39. The van der Waals surface area contributed by atoms with E-state index in [1.54, 1.807) is 18.2 Å². The van der Waals surface area contributed by atoms with Crippen molar-refractivity contribution in [2.24, 2.45) is 0 Å². The van der Waals surface area contributed by atoms with E-state index in [0.29, 0.717) is 22.3 Å². The van der Waals surface area contributed by atoms with Gasteiger partial charge in [0, 0.05) is 5.02 Å². The summed E-state index contributed by atoms with van der Waals surface area (Å²) in [6.07, 6.45) is 0. The van der Waals surface area contributed by atoms with Gasteiger partial charge in [0.05, 0.1) is 5.56 Å². The zero-order valence-corrected chi connectivity index (χ0v) is 12.5. The van der Waals surface area contributed by atoms with Gasteiger partial charge in [-0.05, 0) is 54.3 Å². The first kappa shape index (κ1) is 14.4. The number of benzene rings is 2. The van der Waals surface area contributed by atoms with Crippen molar-refractivity contribution in [2.75, 3.05) is 0 Å². The van der Waals surface area contributed by atoms with E-state index in [1.807, 2.05) is 12.1 Å². The number of rotatable bonds is 3. The normalized spacial score (nSPS) is 10.4. The Kier molecular flexibility index (Phi) is 4.32. The summed E-state index contributed by atoms with van der Waals surface area (Å²) in [6, 6.07) is 13.1. The van der Waals surface area contributed by atoms with Crippen LogP contribution in [0.3, 0.4) is 0 Å². The van der Waals surface area contributed by atoms with E-state index < -0.39 is 0 Å². The Morgan fingerprint density at radius 1 is 1.15 bits per heavy atom. The van der Waals surface area contributed by atoms with Gasteiger partial charge in [-0.1, -0.05) is 31.5 Å². The van der Waals surface area contributed by atoms with E-state index in [0.717, 1.165) is 5.75 Å². The van der Waals surface area contributed by atoms with E-state index in [-0.39, 0.29) is 0 Å². The largest absolute Gasteiger partial charge is 0.456 e. The van der Waals surface area contributed by atoms with Crippen molar-refractivity contribution in [2.45, 2.75) is 26.7 Å². The average molecular weight is 286 g/mol. The van der Waals surface area contributed by atoms with Crippen LogP contribution in [0, 0.1) is 18.3 Å². The molecule has 0 aliphatic heterocycles. The Morgan fingerprint density at radius 2 is 1.90 bits per heavy atom. The van der Waals surface area contributed by atoms with Crippen molar-refractivity contribution in [3.63, 3.8) is 0 Å². The lowest BCUT2D eigenvalue weighted by molar-refractivity contribution is 0.480.